The van der Waals surface area contributed by atoms with Crippen LogP contribution in [0.15, 0.2) is 66.7 Å². The van der Waals surface area contributed by atoms with E-state index in [4.69, 9.17) is 24.5 Å². The first kappa shape index (κ1) is 23.5. The van der Waals surface area contributed by atoms with Gasteiger partial charge in [-0.3, -0.25) is 9.58 Å². The molecule has 9 heteroatoms. The molecule has 0 N–H and O–H groups in total. The fraction of sp³-hybridized carbons (Fsp3) is 0.240. The van der Waals surface area contributed by atoms with Crippen LogP contribution in [0.25, 0.3) is 22.4 Å². The topological polar surface area (TPSA) is 65.3 Å². The Kier molecular flexibility index (Phi) is 6.98. The molecule has 2 aromatic heterocycles. The molecule has 0 fully saturated rings. The van der Waals surface area contributed by atoms with Gasteiger partial charge in [0.15, 0.2) is 11.6 Å². The minimum absolute atomic E-state index is 0. The maximum atomic E-state index is 13.6. The third-order valence-corrected chi connectivity index (χ3v) is 5.49. The van der Waals surface area contributed by atoms with Gasteiger partial charge in [-0.1, -0.05) is 43.7 Å². The van der Waals surface area contributed by atoms with Crippen molar-refractivity contribution in [2.24, 2.45) is 7.05 Å². The maximum absolute atomic E-state index is 13.6. The molecule has 1 aliphatic rings. The number of nitrogens with zero attached hydrogens (tertiary/aromatic N) is 5. The molecule has 0 radical (unpaired) electrons. The molecule has 0 saturated heterocycles. The Labute approximate surface area is 203 Å². The van der Waals surface area contributed by atoms with Crippen LogP contribution in [0.2, 0.25) is 0 Å². The lowest BCUT2D eigenvalue weighted by molar-refractivity contribution is 0.0782. The molecule has 0 saturated carbocycles. The summed E-state index contributed by atoms with van der Waals surface area (Å²) in [5, 5.41) is 4.74. The van der Waals surface area contributed by atoms with Crippen LogP contribution in [-0.4, -0.2) is 26.5 Å². The normalized spacial score (nSPS) is 12.6. The van der Waals surface area contributed by atoms with Gasteiger partial charge in [0, 0.05) is 12.6 Å². The van der Waals surface area contributed by atoms with E-state index in [1.807, 2.05) is 47.0 Å². The van der Waals surface area contributed by atoms with Gasteiger partial charge in [0.2, 0.25) is 12.7 Å². The predicted octanol–water partition coefficient (Wildman–Crippen LogP) is 5.35. The van der Waals surface area contributed by atoms with Gasteiger partial charge in [0.1, 0.15) is 23.1 Å². The van der Waals surface area contributed by atoms with Crippen LogP contribution in [0.1, 0.15) is 24.6 Å². The van der Waals surface area contributed by atoms with Crippen molar-refractivity contribution >= 4 is 29.3 Å². The third kappa shape index (κ3) is 4.54. The van der Waals surface area contributed by atoms with Crippen LogP contribution in [0, 0.1) is 5.82 Å². The van der Waals surface area contributed by atoms with Gasteiger partial charge in [-0.05, 0) is 36.2 Å². The van der Waals surface area contributed by atoms with Crippen LogP contribution in [0.5, 0.6) is 0 Å². The molecule has 0 bridgehead atoms. The average molecular weight is 482 g/mol. The smallest absolute Gasteiger partial charge is 0.234 e. The van der Waals surface area contributed by atoms with E-state index in [2.05, 4.69) is 6.92 Å². The minimum Gasteiger partial charge on any atom is -0.459 e. The molecular weight excluding hydrogens is 457 g/mol. The summed E-state index contributed by atoms with van der Waals surface area (Å²) in [5.74, 6) is 1.40. The Morgan fingerprint density at radius 2 is 1.82 bits per heavy atom. The van der Waals surface area contributed by atoms with Gasteiger partial charge in [-0.2, -0.15) is 5.10 Å². The zero-order valence-electron chi connectivity index (χ0n) is 18.9. The van der Waals surface area contributed by atoms with Crippen molar-refractivity contribution in [2.75, 3.05) is 11.7 Å². The summed E-state index contributed by atoms with van der Waals surface area (Å²) in [6.45, 7) is 2.77. The lowest BCUT2D eigenvalue weighted by Gasteiger charge is -2.24. The van der Waals surface area contributed by atoms with Crippen molar-refractivity contribution < 1.29 is 13.9 Å². The van der Waals surface area contributed by atoms with Crippen LogP contribution in [-0.2, 0) is 29.5 Å². The zero-order chi connectivity index (χ0) is 22.8. The summed E-state index contributed by atoms with van der Waals surface area (Å²) in [4.78, 5) is 11.8. The molecule has 5 rings (SSSR count). The van der Waals surface area contributed by atoms with E-state index < -0.39 is 0 Å². The van der Waals surface area contributed by atoms with E-state index in [0.29, 0.717) is 24.1 Å². The molecule has 2 aromatic carbocycles. The molecular formula is C25H25ClFN5O2. The Morgan fingerprint density at radius 1 is 1.06 bits per heavy atom. The summed E-state index contributed by atoms with van der Waals surface area (Å²) < 4.78 is 26.5. The summed E-state index contributed by atoms with van der Waals surface area (Å²) in [7, 11) is 1.90. The molecule has 0 spiro atoms. The number of aromatic nitrogens is 4. The lowest BCUT2D eigenvalue weighted by atomic mass is 10.1. The molecule has 1 aliphatic heterocycles. The molecule has 3 heterocycles. The van der Waals surface area contributed by atoms with Gasteiger partial charge in [0.25, 0.3) is 0 Å². The second-order valence-corrected chi connectivity index (χ2v) is 7.85. The van der Waals surface area contributed by atoms with Crippen molar-refractivity contribution in [3.63, 3.8) is 0 Å². The lowest BCUT2D eigenvalue weighted by Crippen LogP contribution is -2.24. The summed E-state index contributed by atoms with van der Waals surface area (Å²) in [6.07, 6.45) is 3.32. The van der Waals surface area contributed by atoms with Gasteiger partial charge in [-0.15, -0.1) is 12.4 Å². The molecule has 0 amide bonds. The van der Waals surface area contributed by atoms with Crippen LogP contribution in [0.3, 0.4) is 0 Å². The van der Waals surface area contributed by atoms with Gasteiger partial charge in [-0.25, -0.2) is 14.4 Å². The second kappa shape index (κ2) is 10.1. The first-order valence-electron chi connectivity index (χ1n) is 10.9. The zero-order valence-corrected chi connectivity index (χ0v) is 19.8. The van der Waals surface area contributed by atoms with Crippen molar-refractivity contribution in [3.8, 4) is 11.4 Å². The Bertz CT molecular complexity index is 1310. The summed E-state index contributed by atoms with van der Waals surface area (Å²) in [6, 6.07) is 16.3. The molecule has 0 atom stereocenters. The van der Waals surface area contributed by atoms with E-state index in [1.54, 1.807) is 18.4 Å². The van der Waals surface area contributed by atoms with Crippen LogP contribution < -0.4 is 4.90 Å². The number of ether oxygens (including phenoxy) is 2. The van der Waals surface area contributed by atoms with Crippen molar-refractivity contribution in [1.29, 1.82) is 0 Å². The molecule has 176 valence electrons. The van der Waals surface area contributed by atoms with Gasteiger partial charge in [0.05, 0.1) is 12.2 Å². The van der Waals surface area contributed by atoms with E-state index in [9.17, 15) is 4.39 Å². The number of benzene rings is 2. The average Bonchev–Trinajstić information content (AvgIpc) is 3.47. The third-order valence-electron chi connectivity index (χ3n) is 5.49. The van der Waals surface area contributed by atoms with Gasteiger partial charge < -0.3 is 9.47 Å². The minimum atomic E-state index is -0.305. The van der Waals surface area contributed by atoms with E-state index >= 15 is 0 Å². The summed E-state index contributed by atoms with van der Waals surface area (Å²) >= 11 is 0. The molecule has 0 aliphatic carbocycles. The van der Waals surface area contributed by atoms with Crippen molar-refractivity contribution in [1.82, 2.24) is 19.7 Å². The molecule has 7 nitrogen and oxygen atoms in total. The number of anilines is 1. The number of aryl methyl sites for hydroxylation is 2. The quantitative estimate of drug-likeness (QED) is 0.354. The molecule has 0 unspecified atom stereocenters. The van der Waals surface area contributed by atoms with Crippen molar-refractivity contribution in [2.45, 2.75) is 26.3 Å². The van der Waals surface area contributed by atoms with E-state index in [-0.39, 0.29) is 25.0 Å². The second-order valence-electron chi connectivity index (χ2n) is 7.85. The number of rotatable bonds is 7. The fourth-order valence-electron chi connectivity index (χ4n) is 3.94. The van der Waals surface area contributed by atoms with E-state index in [1.165, 1.54) is 12.1 Å². The van der Waals surface area contributed by atoms with Gasteiger partial charge >= 0.3 is 0 Å². The highest BCUT2D eigenvalue weighted by atomic mass is 35.5. The first-order valence-corrected chi connectivity index (χ1v) is 10.9. The highest BCUT2D eigenvalue weighted by molar-refractivity contribution is 5.90. The maximum Gasteiger partial charge on any atom is 0.234 e. The Morgan fingerprint density at radius 3 is 2.50 bits per heavy atom. The van der Waals surface area contributed by atoms with Crippen molar-refractivity contribution in [3.05, 3.63) is 83.8 Å². The van der Waals surface area contributed by atoms with Crippen LogP contribution in [0.4, 0.5) is 10.2 Å². The fourth-order valence-corrected chi connectivity index (χ4v) is 3.94. The Balaban J connectivity index is 0.00000274. The SMILES string of the molecule is CCCc1nn(C)c2c(N(Cc3ccccc3)C3=COCO3)nc(-c3ccc(F)cc3)nc12.Cl. The molecule has 34 heavy (non-hydrogen) atoms. The summed E-state index contributed by atoms with van der Waals surface area (Å²) in [5.41, 5.74) is 4.29. The highest BCUT2D eigenvalue weighted by Crippen LogP contribution is 2.33. The van der Waals surface area contributed by atoms with E-state index in [0.717, 1.165) is 40.7 Å². The highest BCUT2D eigenvalue weighted by Gasteiger charge is 2.26. The number of hydrogen-bond donors (Lipinski definition) is 0. The number of halogens is 2. The standard InChI is InChI=1S/C25H24FN5O2.ClH/c1-3-7-20-22-23(30(2)29-20)25(28-24(27-22)18-10-12-19(26)13-11-18)31(21-15-32-16-33-21)14-17-8-5-4-6-9-17;/h4-6,8-13,15H,3,7,14,16H2,1-2H3;1H. The largest absolute Gasteiger partial charge is 0.459 e. The number of fused-ring (bicyclic) bond motifs is 1. The monoisotopic (exact) mass is 481 g/mol. The molecule has 4 aromatic rings. The first-order chi connectivity index (χ1) is 16.1. The predicted molar refractivity (Wildman–Crippen MR) is 131 cm³/mol. The Hall–Kier alpha value is -3.65. The number of hydrogen-bond acceptors (Lipinski definition) is 6. The van der Waals surface area contributed by atoms with Crippen LogP contribution >= 0.6 is 12.4 Å².